The predicted octanol–water partition coefficient (Wildman–Crippen LogP) is 1.69. The molecular weight excluding hydrogens is 262 g/mol. The molecule has 19 heavy (non-hydrogen) atoms. The summed E-state index contributed by atoms with van der Waals surface area (Å²) in [5.74, 6) is 1.03. The lowest BCUT2D eigenvalue weighted by atomic mass is 10.0. The first-order valence-corrected chi connectivity index (χ1v) is 7.39. The van der Waals surface area contributed by atoms with Crippen LogP contribution in [0.2, 0.25) is 0 Å². The number of aromatic nitrogens is 2. The molecule has 1 unspecified atom stereocenters. The molecule has 2 saturated heterocycles. The molecule has 1 spiro atoms. The highest BCUT2D eigenvalue weighted by atomic mass is 32.1. The Hall–Kier alpha value is -1.24. The van der Waals surface area contributed by atoms with Gasteiger partial charge in [-0.3, -0.25) is 0 Å². The fraction of sp³-hybridized carbons (Fsp3) is 0.538. The molecule has 4 heterocycles. The molecule has 0 aromatic carbocycles. The van der Waals surface area contributed by atoms with Gasteiger partial charge in [0.25, 0.3) is 0 Å². The van der Waals surface area contributed by atoms with Crippen molar-refractivity contribution in [1.29, 1.82) is 0 Å². The summed E-state index contributed by atoms with van der Waals surface area (Å²) < 4.78 is 11.5. The van der Waals surface area contributed by atoms with Crippen molar-refractivity contribution in [2.24, 2.45) is 0 Å². The maximum atomic E-state index is 5.96. The van der Waals surface area contributed by atoms with Crippen LogP contribution in [0.25, 0.3) is 10.2 Å². The summed E-state index contributed by atoms with van der Waals surface area (Å²) in [7, 11) is 0. The minimum absolute atomic E-state index is 0.133. The molecule has 2 aromatic rings. The van der Waals surface area contributed by atoms with Crippen LogP contribution in [0.4, 0.5) is 5.82 Å². The van der Waals surface area contributed by atoms with Crippen LogP contribution in [0, 0.1) is 0 Å². The van der Waals surface area contributed by atoms with Crippen molar-refractivity contribution >= 4 is 27.4 Å². The second kappa shape index (κ2) is 4.40. The van der Waals surface area contributed by atoms with Crippen molar-refractivity contribution in [2.45, 2.75) is 12.0 Å². The second-order valence-corrected chi connectivity index (χ2v) is 5.99. The van der Waals surface area contributed by atoms with E-state index in [1.54, 1.807) is 17.7 Å². The zero-order valence-electron chi connectivity index (χ0n) is 10.5. The first kappa shape index (κ1) is 11.6. The summed E-state index contributed by atoms with van der Waals surface area (Å²) in [6.45, 7) is 3.96. The molecule has 0 bridgehead atoms. The topological polar surface area (TPSA) is 47.5 Å². The number of nitrogens with zero attached hydrogens (tertiary/aromatic N) is 3. The molecule has 0 saturated carbocycles. The monoisotopic (exact) mass is 277 g/mol. The number of ether oxygens (including phenoxy) is 2. The summed E-state index contributed by atoms with van der Waals surface area (Å²) in [5.41, 5.74) is -0.133. The van der Waals surface area contributed by atoms with Gasteiger partial charge in [0, 0.05) is 19.6 Å². The van der Waals surface area contributed by atoms with Gasteiger partial charge in [-0.15, -0.1) is 11.3 Å². The van der Waals surface area contributed by atoms with E-state index in [9.17, 15) is 0 Å². The lowest BCUT2D eigenvalue weighted by molar-refractivity contribution is -0.0580. The molecule has 2 fully saturated rings. The first-order chi connectivity index (χ1) is 9.36. The number of hydrogen-bond donors (Lipinski definition) is 0. The van der Waals surface area contributed by atoms with Gasteiger partial charge < -0.3 is 14.4 Å². The Balaban J connectivity index is 1.70. The van der Waals surface area contributed by atoms with E-state index in [1.807, 2.05) is 0 Å². The van der Waals surface area contributed by atoms with Crippen LogP contribution >= 0.6 is 11.3 Å². The van der Waals surface area contributed by atoms with Crippen molar-refractivity contribution < 1.29 is 9.47 Å². The van der Waals surface area contributed by atoms with E-state index in [0.29, 0.717) is 6.61 Å². The van der Waals surface area contributed by atoms with Crippen molar-refractivity contribution in [1.82, 2.24) is 9.97 Å². The third kappa shape index (κ3) is 1.91. The molecule has 6 heteroatoms. The Labute approximate surface area is 115 Å². The molecule has 2 aliphatic rings. The van der Waals surface area contributed by atoms with Gasteiger partial charge in [-0.25, -0.2) is 9.97 Å². The zero-order valence-corrected chi connectivity index (χ0v) is 11.4. The molecule has 0 radical (unpaired) electrons. The zero-order chi connectivity index (χ0) is 12.7. The summed E-state index contributed by atoms with van der Waals surface area (Å²) >= 11 is 1.66. The Morgan fingerprint density at radius 3 is 3.21 bits per heavy atom. The first-order valence-electron chi connectivity index (χ1n) is 6.51. The molecule has 0 amide bonds. The van der Waals surface area contributed by atoms with Gasteiger partial charge >= 0.3 is 0 Å². The molecule has 1 atom stereocenters. The van der Waals surface area contributed by atoms with Gasteiger partial charge in [0.05, 0.1) is 25.1 Å². The largest absolute Gasteiger partial charge is 0.378 e. The van der Waals surface area contributed by atoms with E-state index in [4.69, 9.17) is 9.47 Å². The third-order valence-corrected chi connectivity index (χ3v) is 4.68. The molecular formula is C13H15N3O2S. The van der Waals surface area contributed by atoms with E-state index in [0.717, 1.165) is 48.8 Å². The Bertz CT molecular complexity index is 594. The number of hydrogen-bond acceptors (Lipinski definition) is 6. The highest BCUT2D eigenvalue weighted by Crippen LogP contribution is 2.32. The van der Waals surface area contributed by atoms with Crippen LogP contribution in [-0.4, -0.2) is 48.5 Å². The van der Waals surface area contributed by atoms with Gasteiger partial charge in [-0.2, -0.15) is 0 Å². The summed E-state index contributed by atoms with van der Waals surface area (Å²) in [6.07, 6.45) is 2.63. The second-order valence-electron chi connectivity index (χ2n) is 5.09. The number of morpholine rings is 1. The third-order valence-electron chi connectivity index (χ3n) is 3.86. The summed E-state index contributed by atoms with van der Waals surface area (Å²) in [5, 5.41) is 3.21. The van der Waals surface area contributed by atoms with Crippen molar-refractivity contribution in [3.63, 3.8) is 0 Å². The van der Waals surface area contributed by atoms with E-state index in [1.165, 1.54) is 0 Å². The number of thiophene rings is 1. The molecule has 5 nitrogen and oxygen atoms in total. The molecule has 2 aliphatic heterocycles. The molecule has 0 aliphatic carbocycles. The van der Waals surface area contributed by atoms with Gasteiger partial charge in [0.1, 0.15) is 22.6 Å². The van der Waals surface area contributed by atoms with Gasteiger partial charge in [-0.1, -0.05) is 0 Å². The highest BCUT2D eigenvalue weighted by molar-refractivity contribution is 7.16. The predicted molar refractivity (Wildman–Crippen MR) is 73.7 cm³/mol. The lowest BCUT2D eigenvalue weighted by Gasteiger charge is -2.40. The quantitative estimate of drug-likeness (QED) is 0.794. The molecule has 4 rings (SSSR count). The number of fused-ring (bicyclic) bond motifs is 1. The van der Waals surface area contributed by atoms with E-state index >= 15 is 0 Å². The molecule has 100 valence electrons. The van der Waals surface area contributed by atoms with Gasteiger partial charge in [0.2, 0.25) is 0 Å². The minimum atomic E-state index is -0.133. The van der Waals surface area contributed by atoms with Crippen molar-refractivity contribution in [2.75, 3.05) is 37.8 Å². The molecule has 0 N–H and O–H groups in total. The van der Waals surface area contributed by atoms with Crippen LogP contribution < -0.4 is 4.90 Å². The van der Waals surface area contributed by atoms with E-state index in [-0.39, 0.29) is 5.60 Å². The highest BCUT2D eigenvalue weighted by Gasteiger charge is 2.41. The average Bonchev–Trinajstić information content (AvgIpc) is 3.07. The Morgan fingerprint density at radius 1 is 1.32 bits per heavy atom. The fourth-order valence-corrected chi connectivity index (χ4v) is 3.61. The van der Waals surface area contributed by atoms with E-state index < -0.39 is 0 Å². The number of rotatable bonds is 1. The van der Waals surface area contributed by atoms with E-state index in [2.05, 4.69) is 26.3 Å². The maximum absolute atomic E-state index is 5.96. The van der Waals surface area contributed by atoms with Crippen LogP contribution in [0.3, 0.4) is 0 Å². The Kier molecular flexibility index (Phi) is 2.68. The average molecular weight is 277 g/mol. The Morgan fingerprint density at radius 2 is 2.32 bits per heavy atom. The number of anilines is 1. The normalized spacial score (nSPS) is 27.5. The van der Waals surface area contributed by atoms with Crippen LogP contribution in [0.5, 0.6) is 0 Å². The maximum Gasteiger partial charge on any atom is 0.140 e. The minimum Gasteiger partial charge on any atom is -0.378 e. The SMILES string of the molecule is c1nc(N2CCOC3(CCOC3)C2)c2ccsc2n1. The van der Waals surface area contributed by atoms with Crippen LogP contribution in [0.15, 0.2) is 17.8 Å². The summed E-state index contributed by atoms with van der Waals surface area (Å²) in [4.78, 5) is 12.2. The van der Waals surface area contributed by atoms with Crippen LogP contribution in [0.1, 0.15) is 6.42 Å². The lowest BCUT2D eigenvalue weighted by Crippen LogP contribution is -2.52. The van der Waals surface area contributed by atoms with Gasteiger partial charge in [0.15, 0.2) is 0 Å². The molecule has 2 aromatic heterocycles. The standard InChI is InChI=1S/C13H15N3O2S/c1-6-19-12-10(1)11(14-9-15-12)16-3-5-18-13(7-16)2-4-17-8-13/h1,6,9H,2-5,7-8H2. The summed E-state index contributed by atoms with van der Waals surface area (Å²) in [6, 6.07) is 2.10. The fourth-order valence-electron chi connectivity index (χ4n) is 2.88. The van der Waals surface area contributed by atoms with Gasteiger partial charge in [-0.05, 0) is 11.4 Å². The van der Waals surface area contributed by atoms with Crippen molar-refractivity contribution in [3.8, 4) is 0 Å². The van der Waals surface area contributed by atoms with Crippen molar-refractivity contribution in [3.05, 3.63) is 17.8 Å². The van der Waals surface area contributed by atoms with Crippen LogP contribution in [-0.2, 0) is 9.47 Å². The smallest absolute Gasteiger partial charge is 0.140 e.